The Morgan fingerprint density at radius 1 is 0.886 bits per heavy atom. The van der Waals surface area contributed by atoms with E-state index in [0.29, 0.717) is 25.0 Å². The quantitative estimate of drug-likeness (QED) is 0.0971. The van der Waals surface area contributed by atoms with Crippen LogP contribution in [0, 0.1) is 0 Å². The molecule has 14 heteroatoms. The zero-order valence-corrected chi connectivity index (χ0v) is 24.3. The Labute approximate surface area is 249 Å². The van der Waals surface area contributed by atoms with E-state index in [0.717, 1.165) is 4.90 Å². The lowest BCUT2D eigenvalue weighted by Gasteiger charge is -2.33. The Bertz CT molecular complexity index is 1370. The first kappa shape index (κ1) is 34.5. The number of ether oxygens (including phenoxy) is 1. The number of aliphatic hydroxyl groups is 1. The van der Waals surface area contributed by atoms with Crippen LogP contribution >= 0.6 is 0 Å². The molecule has 0 spiro atoms. The molecule has 44 heavy (non-hydrogen) atoms. The minimum Gasteiger partial charge on any atom is -0.504 e. The Morgan fingerprint density at radius 2 is 1.45 bits per heavy atom. The molecule has 1 atom stereocenters. The molecule has 8 nitrogen and oxygen atoms in total. The van der Waals surface area contributed by atoms with E-state index in [2.05, 4.69) is 5.32 Å². The maximum Gasteiger partial charge on any atom is 0.430 e. The van der Waals surface area contributed by atoms with E-state index in [4.69, 9.17) is 4.74 Å². The number of aryl methyl sites for hydroxylation is 2. The van der Waals surface area contributed by atoms with Gasteiger partial charge in [-0.05, 0) is 66.3 Å². The number of nitrogens with zero attached hydrogens (tertiary/aromatic N) is 1. The smallest absolute Gasteiger partial charge is 0.430 e. The van der Waals surface area contributed by atoms with Gasteiger partial charge in [-0.2, -0.15) is 26.3 Å². The Kier molecular flexibility index (Phi) is 10.2. The number of rotatable bonds is 12. The molecule has 1 heterocycles. The number of halogens is 6. The fraction of sp³-hybridized carbons (Fsp3) is 0.467. The van der Waals surface area contributed by atoms with E-state index >= 15 is 0 Å². The molecule has 0 aromatic heterocycles. The summed E-state index contributed by atoms with van der Waals surface area (Å²) in [6.45, 7) is 4.65. The number of carbonyl (C=O) groups excluding carboxylic acids is 2. The van der Waals surface area contributed by atoms with Crippen molar-refractivity contribution in [2.45, 2.75) is 76.4 Å². The molecular weight excluding hydrogens is 598 g/mol. The molecule has 1 unspecified atom stereocenters. The lowest BCUT2D eigenvalue weighted by molar-refractivity contribution is -0.376. The third-order valence-electron chi connectivity index (χ3n) is 7.47. The molecule has 1 fully saturated rings. The summed E-state index contributed by atoms with van der Waals surface area (Å²) in [5.74, 6) is -1.37. The van der Waals surface area contributed by atoms with Gasteiger partial charge in [0.25, 0.3) is 11.5 Å². The minimum absolute atomic E-state index is 0.0627. The number of nitrogens with one attached hydrogen (secondary N) is 1. The van der Waals surface area contributed by atoms with Crippen molar-refractivity contribution >= 4 is 11.9 Å². The number of hydrogen-bond acceptors (Lipinski definition) is 6. The van der Waals surface area contributed by atoms with Gasteiger partial charge in [0.2, 0.25) is 0 Å². The Hall–Kier alpha value is -3.94. The number of hydrogen-bond donors (Lipinski definition) is 4. The molecule has 0 saturated carbocycles. The first-order valence-corrected chi connectivity index (χ1v) is 13.9. The number of phenolic OH excluding ortho intramolecular Hbond substituents is 2. The van der Waals surface area contributed by atoms with Gasteiger partial charge in [-0.3, -0.25) is 9.69 Å². The number of amides is 3. The highest BCUT2D eigenvalue weighted by molar-refractivity contribution is 6.07. The number of urea groups is 1. The van der Waals surface area contributed by atoms with E-state index < -0.39 is 52.5 Å². The van der Waals surface area contributed by atoms with Crippen LogP contribution in [-0.2, 0) is 28.8 Å². The molecule has 2 aromatic rings. The largest absolute Gasteiger partial charge is 0.504 e. The van der Waals surface area contributed by atoms with Crippen molar-refractivity contribution < 1.29 is 56.0 Å². The van der Waals surface area contributed by atoms with Gasteiger partial charge < -0.3 is 25.4 Å². The first-order chi connectivity index (χ1) is 20.5. The van der Waals surface area contributed by atoms with Crippen LogP contribution in [0.4, 0.5) is 31.1 Å². The monoisotopic (exact) mass is 632 g/mol. The first-order valence-electron chi connectivity index (χ1n) is 13.9. The van der Waals surface area contributed by atoms with E-state index in [9.17, 15) is 51.3 Å². The van der Waals surface area contributed by atoms with Crippen molar-refractivity contribution in [1.29, 1.82) is 0 Å². The van der Waals surface area contributed by atoms with Gasteiger partial charge in [-0.25, -0.2) is 4.79 Å². The molecule has 1 aliphatic heterocycles. The van der Waals surface area contributed by atoms with Gasteiger partial charge in [0.05, 0.1) is 0 Å². The molecule has 3 amide bonds. The van der Waals surface area contributed by atoms with Gasteiger partial charge in [0, 0.05) is 12.1 Å². The summed E-state index contributed by atoms with van der Waals surface area (Å²) < 4.78 is 87.4. The van der Waals surface area contributed by atoms with E-state index in [-0.39, 0.29) is 54.9 Å². The summed E-state index contributed by atoms with van der Waals surface area (Å²) in [6.07, 6.45) is -8.16. The van der Waals surface area contributed by atoms with Crippen molar-refractivity contribution in [2.75, 3.05) is 13.2 Å². The van der Waals surface area contributed by atoms with Crippen molar-refractivity contribution in [1.82, 2.24) is 10.2 Å². The molecule has 3 rings (SSSR count). The van der Waals surface area contributed by atoms with Gasteiger partial charge in [0.1, 0.15) is 17.9 Å². The van der Waals surface area contributed by atoms with Crippen LogP contribution in [0.1, 0.15) is 62.3 Å². The summed E-state index contributed by atoms with van der Waals surface area (Å²) in [5.41, 5.74) is -7.50. The molecule has 0 aliphatic carbocycles. The maximum absolute atomic E-state index is 13.6. The second-order valence-electron chi connectivity index (χ2n) is 10.4. The minimum atomic E-state index is -6.03. The third-order valence-corrected chi connectivity index (χ3v) is 7.47. The summed E-state index contributed by atoms with van der Waals surface area (Å²) in [7, 11) is 0. The summed E-state index contributed by atoms with van der Waals surface area (Å²) in [4.78, 5) is 26.9. The highest BCUT2D eigenvalue weighted by Gasteiger charge is 2.71. The van der Waals surface area contributed by atoms with Crippen LogP contribution in [0.2, 0.25) is 0 Å². The zero-order valence-electron chi connectivity index (χ0n) is 24.3. The SMILES string of the molecule is CCCc1cc(C(O)(C(F)(F)F)C(F)(F)F)cc(CCC)c1OC/C=C/CN1C(=O)NC(CC)(c2ccc(O)c(O)c2)C1=O. The number of benzene rings is 2. The van der Waals surface area contributed by atoms with E-state index in [1.54, 1.807) is 20.8 Å². The standard InChI is InChI=1S/C30H34F6N2O6/c1-4-9-18-15-21(28(43,29(31,32)33)30(34,35)36)16-19(10-5-2)24(18)44-14-8-7-13-38-25(41)27(6-3,37-26(38)42)20-11-12-22(39)23(40)17-20/h7-8,11-12,15-17,39-40,43H,4-6,9-10,13-14H2,1-3H3,(H,37,42)/b8-7+. The highest BCUT2D eigenvalue weighted by atomic mass is 19.4. The van der Waals surface area contributed by atoms with Gasteiger partial charge >= 0.3 is 18.4 Å². The number of phenols is 2. The van der Waals surface area contributed by atoms with Crippen LogP contribution in [0.25, 0.3) is 0 Å². The third kappa shape index (κ3) is 6.30. The predicted octanol–water partition coefficient (Wildman–Crippen LogP) is 6.11. The number of carbonyl (C=O) groups is 2. The van der Waals surface area contributed by atoms with Crippen LogP contribution in [0.15, 0.2) is 42.5 Å². The van der Waals surface area contributed by atoms with Crippen LogP contribution in [0.5, 0.6) is 17.2 Å². The van der Waals surface area contributed by atoms with Gasteiger partial charge in [-0.15, -0.1) is 0 Å². The lowest BCUT2D eigenvalue weighted by Crippen LogP contribution is -2.54. The topological polar surface area (TPSA) is 119 Å². The van der Waals surface area contributed by atoms with Crippen molar-refractivity contribution in [3.63, 3.8) is 0 Å². The Balaban J connectivity index is 1.84. The highest BCUT2D eigenvalue weighted by Crippen LogP contribution is 2.51. The van der Waals surface area contributed by atoms with Gasteiger partial charge in [-0.1, -0.05) is 45.8 Å². The molecule has 1 aliphatic rings. The number of imide groups is 1. The zero-order chi connectivity index (χ0) is 33.1. The number of alkyl halides is 6. The van der Waals surface area contributed by atoms with Crippen molar-refractivity contribution in [3.05, 3.63) is 64.7 Å². The summed E-state index contributed by atoms with van der Waals surface area (Å²) in [6, 6.07) is 4.41. The van der Waals surface area contributed by atoms with E-state index in [1.807, 2.05) is 0 Å². The normalized spacial score (nSPS) is 17.9. The molecule has 0 radical (unpaired) electrons. The number of aromatic hydroxyl groups is 2. The second-order valence-corrected chi connectivity index (χ2v) is 10.4. The lowest BCUT2D eigenvalue weighted by atomic mass is 9.87. The molecule has 242 valence electrons. The molecule has 0 bridgehead atoms. The fourth-order valence-corrected chi connectivity index (χ4v) is 5.15. The van der Waals surface area contributed by atoms with E-state index in [1.165, 1.54) is 30.4 Å². The maximum atomic E-state index is 13.6. The van der Waals surface area contributed by atoms with Gasteiger partial charge in [0.15, 0.2) is 11.5 Å². The predicted molar refractivity (Wildman–Crippen MR) is 147 cm³/mol. The van der Waals surface area contributed by atoms with Crippen LogP contribution in [0.3, 0.4) is 0 Å². The summed E-state index contributed by atoms with van der Waals surface area (Å²) >= 11 is 0. The molecule has 1 saturated heterocycles. The van der Waals surface area contributed by atoms with Crippen molar-refractivity contribution in [3.8, 4) is 17.2 Å². The average Bonchev–Trinajstić information content (AvgIpc) is 3.19. The molecular formula is C30H34F6N2O6. The average molecular weight is 633 g/mol. The van der Waals surface area contributed by atoms with Crippen LogP contribution in [-0.4, -0.2) is 57.7 Å². The Morgan fingerprint density at radius 3 is 1.93 bits per heavy atom. The second kappa shape index (κ2) is 13.0. The summed E-state index contributed by atoms with van der Waals surface area (Å²) in [5, 5.41) is 32.1. The molecule has 4 N–H and O–H groups in total. The molecule has 2 aromatic carbocycles. The van der Waals surface area contributed by atoms with Crippen LogP contribution < -0.4 is 10.1 Å². The fourth-order valence-electron chi connectivity index (χ4n) is 5.15. The van der Waals surface area contributed by atoms with Crippen molar-refractivity contribution in [2.24, 2.45) is 0 Å².